The van der Waals surface area contributed by atoms with Crippen molar-refractivity contribution >= 4 is 27.9 Å². The number of esters is 2. The Labute approximate surface area is 103 Å². The van der Waals surface area contributed by atoms with E-state index >= 15 is 0 Å². The average molecular weight is 291 g/mol. The Balaban J connectivity index is 2.24. The van der Waals surface area contributed by atoms with Crippen LogP contribution in [0.3, 0.4) is 0 Å². The molecule has 0 N–H and O–H groups in total. The van der Waals surface area contributed by atoms with Gasteiger partial charge in [-0.3, -0.25) is 9.59 Å². The summed E-state index contributed by atoms with van der Waals surface area (Å²) in [7, 11) is 2.74. The fourth-order valence-electron chi connectivity index (χ4n) is 3.21. The molecule has 90 valence electrons. The average Bonchev–Trinajstić information content (AvgIpc) is 2.82. The fraction of sp³-hybridized carbons (Fsp3) is 0.818. The molecule has 0 spiro atoms. The van der Waals surface area contributed by atoms with Crippen molar-refractivity contribution < 1.29 is 19.1 Å². The van der Waals surface area contributed by atoms with Gasteiger partial charge in [-0.15, -0.1) is 0 Å². The molecule has 0 aliphatic heterocycles. The molecule has 2 fully saturated rings. The number of carbonyl (C=O) groups is 2. The van der Waals surface area contributed by atoms with Crippen LogP contribution >= 0.6 is 15.9 Å². The normalized spacial score (nSPS) is 40.8. The molecule has 0 radical (unpaired) electrons. The summed E-state index contributed by atoms with van der Waals surface area (Å²) < 4.78 is 9.58. The summed E-state index contributed by atoms with van der Waals surface area (Å²) in [5.74, 6) is -0.737. The minimum Gasteiger partial charge on any atom is -0.469 e. The maximum atomic E-state index is 11.7. The Kier molecular flexibility index (Phi) is 3.24. The maximum Gasteiger partial charge on any atom is 0.309 e. The van der Waals surface area contributed by atoms with E-state index in [9.17, 15) is 9.59 Å². The number of fused-ring (bicyclic) bond motifs is 2. The molecule has 0 saturated heterocycles. The topological polar surface area (TPSA) is 52.6 Å². The number of rotatable bonds is 2. The van der Waals surface area contributed by atoms with Gasteiger partial charge in [0, 0.05) is 4.83 Å². The Hall–Kier alpha value is -0.580. The summed E-state index contributed by atoms with van der Waals surface area (Å²) in [5.41, 5.74) is 0. The van der Waals surface area contributed by atoms with Gasteiger partial charge in [-0.25, -0.2) is 0 Å². The zero-order chi connectivity index (χ0) is 11.9. The zero-order valence-electron chi connectivity index (χ0n) is 9.31. The smallest absolute Gasteiger partial charge is 0.309 e. The second-order valence-corrected chi connectivity index (χ2v) is 5.69. The molecule has 2 aliphatic carbocycles. The zero-order valence-corrected chi connectivity index (χ0v) is 10.9. The summed E-state index contributed by atoms with van der Waals surface area (Å²) in [6, 6.07) is 0. The van der Waals surface area contributed by atoms with E-state index in [2.05, 4.69) is 15.9 Å². The second-order valence-electron chi connectivity index (χ2n) is 4.51. The van der Waals surface area contributed by atoms with Crippen molar-refractivity contribution in [2.75, 3.05) is 14.2 Å². The molecule has 0 aromatic carbocycles. The number of methoxy groups -OCH3 is 2. The lowest BCUT2D eigenvalue weighted by Gasteiger charge is -2.29. The first-order chi connectivity index (χ1) is 7.60. The first-order valence-electron chi connectivity index (χ1n) is 5.39. The highest BCUT2D eigenvalue weighted by atomic mass is 79.9. The van der Waals surface area contributed by atoms with Gasteiger partial charge in [0.15, 0.2) is 0 Å². The lowest BCUT2D eigenvalue weighted by molar-refractivity contribution is -0.159. The van der Waals surface area contributed by atoms with Gasteiger partial charge in [-0.2, -0.15) is 0 Å². The molecule has 0 aromatic heterocycles. The standard InChI is InChI=1S/C11H15BrO4/c1-15-10(13)8-5-3-6(7(12)4-5)9(8)11(14)16-2/h5-9H,3-4H2,1-2H3. The summed E-state index contributed by atoms with van der Waals surface area (Å²) in [4.78, 5) is 23.7. The molecule has 0 aromatic rings. The van der Waals surface area contributed by atoms with Gasteiger partial charge in [0.25, 0.3) is 0 Å². The van der Waals surface area contributed by atoms with Crippen LogP contribution in [-0.2, 0) is 19.1 Å². The molecular weight excluding hydrogens is 276 g/mol. The first kappa shape index (κ1) is 11.9. The van der Waals surface area contributed by atoms with E-state index in [0.717, 1.165) is 12.8 Å². The Morgan fingerprint density at radius 1 is 1.06 bits per heavy atom. The number of alkyl halides is 1. The van der Waals surface area contributed by atoms with E-state index in [1.165, 1.54) is 14.2 Å². The molecule has 2 rings (SSSR count). The third-order valence-electron chi connectivity index (χ3n) is 3.87. The highest BCUT2D eigenvalue weighted by molar-refractivity contribution is 9.09. The van der Waals surface area contributed by atoms with Crippen molar-refractivity contribution in [3.8, 4) is 0 Å². The Morgan fingerprint density at radius 3 is 2.19 bits per heavy atom. The van der Waals surface area contributed by atoms with E-state index in [1.54, 1.807) is 0 Å². The van der Waals surface area contributed by atoms with Crippen LogP contribution in [0.5, 0.6) is 0 Å². The third-order valence-corrected chi connectivity index (χ3v) is 4.92. The van der Waals surface area contributed by atoms with Crippen LogP contribution in [-0.4, -0.2) is 31.0 Å². The monoisotopic (exact) mass is 290 g/mol. The van der Waals surface area contributed by atoms with Gasteiger partial charge in [0.1, 0.15) is 0 Å². The van der Waals surface area contributed by atoms with Crippen LogP contribution in [0.4, 0.5) is 0 Å². The number of hydrogen-bond donors (Lipinski definition) is 0. The lowest BCUT2D eigenvalue weighted by Crippen LogP contribution is -2.39. The number of ether oxygens (including phenoxy) is 2. The van der Waals surface area contributed by atoms with Crippen LogP contribution < -0.4 is 0 Å². The molecule has 5 atom stereocenters. The van der Waals surface area contributed by atoms with Gasteiger partial charge >= 0.3 is 11.9 Å². The van der Waals surface area contributed by atoms with E-state index in [0.29, 0.717) is 4.83 Å². The second kappa shape index (κ2) is 4.35. The molecule has 0 heterocycles. The van der Waals surface area contributed by atoms with E-state index in [1.807, 2.05) is 0 Å². The predicted molar refractivity (Wildman–Crippen MR) is 59.9 cm³/mol. The summed E-state index contributed by atoms with van der Waals surface area (Å²) >= 11 is 3.57. The molecule has 0 amide bonds. The quantitative estimate of drug-likeness (QED) is 0.569. The van der Waals surface area contributed by atoms with Crippen LogP contribution in [0.25, 0.3) is 0 Å². The first-order valence-corrected chi connectivity index (χ1v) is 6.31. The molecule has 2 aliphatic rings. The summed E-state index contributed by atoms with van der Waals surface area (Å²) in [6.45, 7) is 0. The van der Waals surface area contributed by atoms with Crippen molar-refractivity contribution in [2.24, 2.45) is 23.7 Å². The van der Waals surface area contributed by atoms with Crippen LogP contribution in [0, 0.1) is 23.7 Å². The molecule has 16 heavy (non-hydrogen) atoms. The molecule has 4 nitrogen and oxygen atoms in total. The summed E-state index contributed by atoms with van der Waals surface area (Å²) in [5, 5.41) is 0. The SMILES string of the molecule is COC(=O)C1C2CC(Br)C(C2)C1C(=O)OC. The van der Waals surface area contributed by atoms with Crippen molar-refractivity contribution in [3.05, 3.63) is 0 Å². The van der Waals surface area contributed by atoms with Crippen molar-refractivity contribution in [1.82, 2.24) is 0 Å². The molecule has 5 heteroatoms. The number of hydrogen-bond acceptors (Lipinski definition) is 4. The van der Waals surface area contributed by atoms with E-state index < -0.39 is 0 Å². The lowest BCUT2D eigenvalue weighted by atomic mass is 9.79. The van der Waals surface area contributed by atoms with Gasteiger partial charge in [0.2, 0.25) is 0 Å². The molecular formula is C11H15BrO4. The predicted octanol–water partition coefficient (Wildman–Crippen LogP) is 1.37. The number of halogens is 1. The minimum absolute atomic E-state index is 0.210. The van der Waals surface area contributed by atoms with Crippen molar-refractivity contribution in [2.45, 2.75) is 17.7 Å². The highest BCUT2D eigenvalue weighted by Gasteiger charge is 2.58. The van der Waals surface area contributed by atoms with Gasteiger partial charge in [0.05, 0.1) is 26.1 Å². The summed E-state index contributed by atoms with van der Waals surface area (Å²) in [6.07, 6.45) is 1.85. The highest BCUT2D eigenvalue weighted by Crippen LogP contribution is 2.55. The van der Waals surface area contributed by atoms with Crippen LogP contribution in [0.15, 0.2) is 0 Å². The van der Waals surface area contributed by atoms with Crippen molar-refractivity contribution in [3.63, 3.8) is 0 Å². The third kappa shape index (κ3) is 1.65. The van der Waals surface area contributed by atoms with Crippen molar-refractivity contribution in [1.29, 1.82) is 0 Å². The van der Waals surface area contributed by atoms with Gasteiger partial charge < -0.3 is 9.47 Å². The van der Waals surface area contributed by atoms with E-state index in [-0.39, 0.29) is 35.6 Å². The molecule has 2 bridgehead atoms. The van der Waals surface area contributed by atoms with Gasteiger partial charge in [-0.1, -0.05) is 15.9 Å². The number of carbonyl (C=O) groups excluding carboxylic acids is 2. The molecule has 2 saturated carbocycles. The molecule has 5 unspecified atom stereocenters. The van der Waals surface area contributed by atoms with E-state index in [4.69, 9.17) is 9.47 Å². The Bertz CT molecular complexity index is 317. The minimum atomic E-state index is -0.333. The maximum absolute atomic E-state index is 11.7. The largest absolute Gasteiger partial charge is 0.469 e. The van der Waals surface area contributed by atoms with Gasteiger partial charge in [-0.05, 0) is 24.7 Å². The Morgan fingerprint density at radius 2 is 1.62 bits per heavy atom. The van der Waals surface area contributed by atoms with Crippen LogP contribution in [0.1, 0.15) is 12.8 Å². The fourth-order valence-corrected chi connectivity index (χ4v) is 4.24. The van der Waals surface area contributed by atoms with Crippen LogP contribution in [0.2, 0.25) is 0 Å².